The van der Waals surface area contributed by atoms with Gasteiger partial charge in [0.25, 0.3) is 0 Å². The number of nitrogens with zero attached hydrogens (tertiary/aromatic N) is 2. The van der Waals surface area contributed by atoms with Gasteiger partial charge in [-0.2, -0.15) is 10.1 Å². The Hall–Kier alpha value is -3.59. The molecule has 2 unspecified atom stereocenters. The highest BCUT2D eigenvalue weighted by molar-refractivity contribution is 6.14. The summed E-state index contributed by atoms with van der Waals surface area (Å²) in [5, 5.41) is 13.2. The van der Waals surface area contributed by atoms with Crippen molar-refractivity contribution in [1.82, 2.24) is 15.5 Å². The van der Waals surface area contributed by atoms with Crippen molar-refractivity contribution in [2.24, 2.45) is 10.9 Å². The van der Waals surface area contributed by atoms with Crippen molar-refractivity contribution in [2.45, 2.75) is 6.04 Å². The first kappa shape index (κ1) is 18.8. The number of benzene rings is 2. The van der Waals surface area contributed by atoms with Crippen LogP contribution >= 0.6 is 0 Å². The van der Waals surface area contributed by atoms with Crippen molar-refractivity contribution in [3.63, 3.8) is 0 Å². The SMILES string of the molecule is COCC1=NC(=O)NC(c2ccc(F)cc2)C1C(=O)Nc1ccc2[nH]ncc2c1. The molecular formula is C20H18FN5O3. The van der Waals surface area contributed by atoms with Crippen molar-refractivity contribution in [3.05, 3.63) is 60.0 Å². The highest BCUT2D eigenvalue weighted by atomic mass is 19.1. The molecule has 3 amide bonds. The summed E-state index contributed by atoms with van der Waals surface area (Å²) < 4.78 is 18.5. The average Bonchev–Trinajstić information content (AvgIpc) is 3.16. The molecule has 2 atom stereocenters. The van der Waals surface area contributed by atoms with E-state index in [0.717, 1.165) is 10.9 Å². The predicted octanol–water partition coefficient (Wildman–Crippen LogP) is 2.81. The van der Waals surface area contributed by atoms with Crippen LogP contribution in [0.15, 0.2) is 53.7 Å². The molecule has 3 N–H and O–H groups in total. The largest absolute Gasteiger partial charge is 0.379 e. The molecule has 148 valence electrons. The average molecular weight is 395 g/mol. The fraction of sp³-hybridized carbons (Fsp3) is 0.200. The van der Waals surface area contributed by atoms with Crippen LogP contribution in [0, 0.1) is 11.7 Å². The zero-order valence-corrected chi connectivity index (χ0v) is 15.5. The summed E-state index contributed by atoms with van der Waals surface area (Å²) in [6.45, 7) is 0.0178. The minimum atomic E-state index is -0.821. The van der Waals surface area contributed by atoms with E-state index in [4.69, 9.17) is 4.74 Å². The van der Waals surface area contributed by atoms with Gasteiger partial charge in [0.2, 0.25) is 5.91 Å². The third-order valence-corrected chi connectivity index (χ3v) is 4.73. The Labute approximate surface area is 165 Å². The standard InChI is InChI=1S/C20H18FN5O3/c1-29-10-16-17(18(25-20(28)24-16)11-2-4-13(21)5-3-11)19(27)23-14-6-7-15-12(8-14)9-22-26-15/h2-9,17-18H,10H2,1H3,(H,22,26)(H,23,27)(H,25,28). The zero-order chi connectivity index (χ0) is 20.4. The van der Waals surface area contributed by atoms with Gasteiger partial charge < -0.3 is 15.4 Å². The van der Waals surface area contributed by atoms with Gasteiger partial charge in [-0.1, -0.05) is 12.1 Å². The number of aliphatic imine (C=N–C) groups is 1. The summed E-state index contributed by atoms with van der Waals surface area (Å²) in [6, 6.07) is 9.71. The van der Waals surface area contributed by atoms with Gasteiger partial charge >= 0.3 is 6.03 Å². The minimum absolute atomic E-state index is 0.0178. The van der Waals surface area contributed by atoms with Crippen LogP contribution in [0.4, 0.5) is 14.9 Å². The van der Waals surface area contributed by atoms with E-state index in [2.05, 4.69) is 25.8 Å². The van der Waals surface area contributed by atoms with Crippen LogP contribution in [-0.2, 0) is 9.53 Å². The molecule has 3 aromatic rings. The van der Waals surface area contributed by atoms with Crippen molar-refractivity contribution in [3.8, 4) is 0 Å². The maximum Gasteiger partial charge on any atom is 0.341 e. The van der Waals surface area contributed by atoms with E-state index in [0.29, 0.717) is 17.0 Å². The third-order valence-electron chi connectivity index (χ3n) is 4.73. The summed E-state index contributed by atoms with van der Waals surface area (Å²) in [7, 11) is 1.46. The number of urea groups is 1. The van der Waals surface area contributed by atoms with E-state index < -0.39 is 23.8 Å². The smallest absolute Gasteiger partial charge is 0.341 e. The Morgan fingerprint density at radius 2 is 2.03 bits per heavy atom. The van der Waals surface area contributed by atoms with Crippen molar-refractivity contribution in [2.75, 3.05) is 19.0 Å². The van der Waals surface area contributed by atoms with Crippen LogP contribution in [0.3, 0.4) is 0 Å². The molecule has 9 heteroatoms. The van der Waals surface area contributed by atoms with Gasteiger partial charge in [-0.3, -0.25) is 9.89 Å². The summed E-state index contributed by atoms with van der Waals surface area (Å²) in [5.74, 6) is -1.59. The van der Waals surface area contributed by atoms with Gasteiger partial charge in [-0.15, -0.1) is 0 Å². The van der Waals surface area contributed by atoms with Gasteiger partial charge in [0.1, 0.15) is 11.7 Å². The summed E-state index contributed by atoms with van der Waals surface area (Å²) in [5.41, 5.74) is 2.32. The van der Waals surface area contributed by atoms with E-state index in [1.54, 1.807) is 18.3 Å². The number of carbonyl (C=O) groups excluding carboxylic acids is 2. The molecule has 1 aliphatic rings. The van der Waals surface area contributed by atoms with Crippen LogP contribution in [0.25, 0.3) is 10.9 Å². The molecule has 8 nitrogen and oxygen atoms in total. The van der Waals surface area contributed by atoms with Gasteiger partial charge in [-0.25, -0.2) is 9.18 Å². The molecule has 0 spiro atoms. The lowest BCUT2D eigenvalue weighted by atomic mass is 9.87. The molecule has 2 heterocycles. The van der Waals surface area contributed by atoms with E-state index >= 15 is 0 Å². The minimum Gasteiger partial charge on any atom is -0.379 e. The first-order chi connectivity index (χ1) is 14.0. The normalized spacial score (nSPS) is 19.0. The lowest BCUT2D eigenvalue weighted by molar-refractivity contribution is -0.118. The molecule has 2 aromatic carbocycles. The molecule has 0 aliphatic carbocycles. The highest BCUT2D eigenvalue weighted by Gasteiger charge is 2.38. The number of nitrogens with one attached hydrogen (secondary N) is 3. The number of ether oxygens (including phenoxy) is 1. The molecule has 0 bridgehead atoms. The van der Waals surface area contributed by atoms with Crippen LogP contribution < -0.4 is 10.6 Å². The third kappa shape index (κ3) is 3.85. The number of rotatable bonds is 5. The Bertz CT molecular complexity index is 1090. The van der Waals surface area contributed by atoms with Gasteiger partial charge in [0, 0.05) is 18.2 Å². The number of hydrogen-bond donors (Lipinski definition) is 3. The molecule has 0 fully saturated rings. The number of amides is 3. The first-order valence-electron chi connectivity index (χ1n) is 8.91. The van der Waals surface area contributed by atoms with Crippen molar-refractivity contribution < 1.29 is 18.7 Å². The van der Waals surface area contributed by atoms with Gasteiger partial charge in [0.15, 0.2) is 0 Å². The second kappa shape index (κ2) is 7.80. The lowest BCUT2D eigenvalue weighted by Gasteiger charge is -2.31. The van der Waals surface area contributed by atoms with E-state index in [9.17, 15) is 14.0 Å². The predicted molar refractivity (Wildman–Crippen MR) is 105 cm³/mol. The monoisotopic (exact) mass is 395 g/mol. The molecule has 1 aromatic heterocycles. The number of halogens is 1. The van der Waals surface area contributed by atoms with Crippen molar-refractivity contribution in [1.29, 1.82) is 0 Å². The number of methoxy groups -OCH3 is 1. The second-order valence-electron chi connectivity index (χ2n) is 6.65. The molecular weight excluding hydrogens is 377 g/mol. The van der Waals surface area contributed by atoms with Crippen LogP contribution in [0.1, 0.15) is 11.6 Å². The van der Waals surface area contributed by atoms with E-state index in [-0.39, 0.29) is 12.5 Å². The first-order valence-corrected chi connectivity index (χ1v) is 8.91. The van der Waals surface area contributed by atoms with E-state index in [1.165, 1.54) is 31.4 Å². The summed E-state index contributed by atoms with van der Waals surface area (Å²) >= 11 is 0. The molecule has 29 heavy (non-hydrogen) atoms. The molecule has 1 aliphatic heterocycles. The quantitative estimate of drug-likeness (QED) is 0.617. The maximum absolute atomic E-state index is 13.4. The Morgan fingerprint density at radius 3 is 2.79 bits per heavy atom. The van der Waals surface area contributed by atoms with Crippen LogP contribution in [0.2, 0.25) is 0 Å². The number of aromatic nitrogens is 2. The number of hydrogen-bond acceptors (Lipinski definition) is 4. The number of anilines is 1. The lowest BCUT2D eigenvalue weighted by Crippen LogP contribution is -2.47. The second-order valence-corrected chi connectivity index (χ2v) is 6.65. The summed E-state index contributed by atoms with van der Waals surface area (Å²) in [6.07, 6.45) is 1.66. The van der Waals surface area contributed by atoms with Crippen molar-refractivity contribution >= 4 is 34.2 Å². The number of H-pyrrole nitrogens is 1. The Balaban J connectivity index is 1.67. The number of fused-ring (bicyclic) bond motifs is 1. The molecule has 0 radical (unpaired) electrons. The molecule has 0 saturated carbocycles. The Morgan fingerprint density at radius 1 is 1.24 bits per heavy atom. The van der Waals surface area contributed by atoms with Gasteiger partial charge in [-0.05, 0) is 35.9 Å². The fourth-order valence-electron chi connectivity index (χ4n) is 3.40. The number of aromatic amines is 1. The van der Waals surface area contributed by atoms with Crippen LogP contribution in [0.5, 0.6) is 0 Å². The van der Waals surface area contributed by atoms with Gasteiger partial charge in [0.05, 0.1) is 30.1 Å². The maximum atomic E-state index is 13.4. The fourth-order valence-corrected chi connectivity index (χ4v) is 3.40. The highest BCUT2D eigenvalue weighted by Crippen LogP contribution is 2.29. The topological polar surface area (TPSA) is 108 Å². The summed E-state index contributed by atoms with van der Waals surface area (Å²) in [4.78, 5) is 29.2. The molecule has 0 saturated heterocycles. The van der Waals surface area contributed by atoms with Crippen LogP contribution in [-0.4, -0.2) is 41.6 Å². The zero-order valence-electron chi connectivity index (χ0n) is 15.5. The molecule has 4 rings (SSSR count). The Kier molecular flexibility index (Phi) is 5.05. The van der Waals surface area contributed by atoms with E-state index in [1.807, 2.05) is 6.07 Å². The number of carbonyl (C=O) groups is 2.